The first kappa shape index (κ1) is 18.1. The van der Waals surface area contributed by atoms with Gasteiger partial charge < -0.3 is 9.30 Å². The molecule has 26 heavy (non-hydrogen) atoms. The van der Waals surface area contributed by atoms with Crippen LogP contribution >= 0.6 is 11.3 Å². The van der Waals surface area contributed by atoms with Crippen LogP contribution in [0.3, 0.4) is 0 Å². The third-order valence-electron chi connectivity index (χ3n) is 3.76. The molecular formula is C18H20N4O3S. The number of amides is 1. The molecular weight excluding hydrogens is 352 g/mol. The van der Waals surface area contributed by atoms with Crippen molar-refractivity contribution in [2.24, 2.45) is 4.99 Å². The Balaban J connectivity index is 2.08. The largest absolute Gasteiger partial charge is 0.465 e. The molecule has 3 rings (SSSR count). The number of fused-ring (bicyclic) bond motifs is 1. The van der Waals surface area contributed by atoms with Gasteiger partial charge in [0.15, 0.2) is 4.80 Å². The van der Waals surface area contributed by atoms with E-state index in [9.17, 15) is 9.59 Å². The van der Waals surface area contributed by atoms with E-state index in [1.165, 1.54) is 11.3 Å². The number of benzene rings is 1. The number of thiazole rings is 1. The third kappa shape index (κ3) is 3.60. The van der Waals surface area contributed by atoms with Gasteiger partial charge in [-0.3, -0.25) is 14.3 Å². The molecule has 0 N–H and O–H groups in total. The van der Waals surface area contributed by atoms with Crippen LogP contribution in [0, 0.1) is 0 Å². The van der Waals surface area contributed by atoms with Crippen LogP contribution in [0.4, 0.5) is 0 Å². The zero-order chi connectivity index (χ0) is 18.7. The van der Waals surface area contributed by atoms with Gasteiger partial charge in [0.2, 0.25) is 0 Å². The summed E-state index contributed by atoms with van der Waals surface area (Å²) in [6.45, 7) is 5.97. The minimum absolute atomic E-state index is 0.00735. The fourth-order valence-corrected chi connectivity index (χ4v) is 3.66. The maximum Gasteiger partial charge on any atom is 0.326 e. The predicted molar refractivity (Wildman–Crippen MR) is 99.0 cm³/mol. The van der Waals surface area contributed by atoms with Gasteiger partial charge in [0.1, 0.15) is 12.2 Å². The van der Waals surface area contributed by atoms with Crippen molar-refractivity contribution in [3.05, 3.63) is 47.0 Å². The number of para-hydroxylation sites is 1. The highest BCUT2D eigenvalue weighted by molar-refractivity contribution is 7.16. The lowest BCUT2D eigenvalue weighted by Gasteiger charge is -2.08. The molecule has 0 atom stereocenters. The highest BCUT2D eigenvalue weighted by Crippen LogP contribution is 2.17. The quantitative estimate of drug-likeness (QED) is 0.645. The SMILES string of the molecule is CCOC(=O)Cn1c(=NC(=O)c2ccnn2C(C)C)sc2ccccc21. The first-order chi connectivity index (χ1) is 12.5. The average molecular weight is 372 g/mol. The fourth-order valence-electron chi connectivity index (χ4n) is 2.63. The summed E-state index contributed by atoms with van der Waals surface area (Å²) in [5, 5.41) is 4.17. The van der Waals surface area contributed by atoms with Crippen molar-refractivity contribution in [3.8, 4) is 0 Å². The number of rotatable bonds is 5. The molecule has 1 aromatic carbocycles. The topological polar surface area (TPSA) is 78.5 Å². The van der Waals surface area contributed by atoms with Crippen LogP contribution < -0.4 is 4.80 Å². The Kier molecular flexibility index (Phi) is 5.32. The second kappa shape index (κ2) is 7.65. The summed E-state index contributed by atoms with van der Waals surface area (Å²) < 4.78 is 9.34. The van der Waals surface area contributed by atoms with Gasteiger partial charge in [0, 0.05) is 12.2 Å². The third-order valence-corrected chi connectivity index (χ3v) is 4.82. The van der Waals surface area contributed by atoms with E-state index >= 15 is 0 Å². The Bertz CT molecular complexity index is 1010. The number of hydrogen-bond donors (Lipinski definition) is 0. The number of carbonyl (C=O) groups is 2. The molecule has 8 heteroatoms. The van der Waals surface area contributed by atoms with Crippen molar-refractivity contribution in [2.45, 2.75) is 33.4 Å². The van der Waals surface area contributed by atoms with Crippen LogP contribution in [0.25, 0.3) is 10.2 Å². The lowest BCUT2D eigenvalue weighted by atomic mass is 10.3. The van der Waals surface area contributed by atoms with Crippen molar-refractivity contribution >= 4 is 33.4 Å². The average Bonchev–Trinajstić information content (AvgIpc) is 3.21. The molecule has 2 aromatic heterocycles. The van der Waals surface area contributed by atoms with Crippen LogP contribution in [0.2, 0.25) is 0 Å². The summed E-state index contributed by atoms with van der Waals surface area (Å²) in [5.74, 6) is -0.752. The van der Waals surface area contributed by atoms with Crippen LogP contribution in [-0.2, 0) is 16.1 Å². The van der Waals surface area contributed by atoms with Crippen LogP contribution in [0.15, 0.2) is 41.5 Å². The summed E-state index contributed by atoms with van der Waals surface area (Å²) in [7, 11) is 0. The fraction of sp³-hybridized carbons (Fsp3) is 0.333. The van der Waals surface area contributed by atoms with Crippen molar-refractivity contribution in [1.29, 1.82) is 0 Å². The van der Waals surface area contributed by atoms with Crippen molar-refractivity contribution in [1.82, 2.24) is 14.3 Å². The van der Waals surface area contributed by atoms with Gasteiger partial charge in [0.25, 0.3) is 5.91 Å². The number of ether oxygens (including phenoxy) is 1. The second-order valence-electron chi connectivity index (χ2n) is 5.92. The van der Waals surface area contributed by atoms with E-state index in [0.29, 0.717) is 17.1 Å². The molecule has 0 radical (unpaired) electrons. The van der Waals surface area contributed by atoms with Gasteiger partial charge >= 0.3 is 5.97 Å². The van der Waals surface area contributed by atoms with Crippen molar-refractivity contribution in [3.63, 3.8) is 0 Å². The molecule has 0 spiro atoms. The van der Waals surface area contributed by atoms with Crippen molar-refractivity contribution < 1.29 is 14.3 Å². The molecule has 0 aliphatic heterocycles. The van der Waals surface area contributed by atoms with E-state index < -0.39 is 0 Å². The summed E-state index contributed by atoms with van der Waals surface area (Å²) >= 11 is 1.36. The molecule has 0 unspecified atom stereocenters. The van der Waals surface area contributed by atoms with Gasteiger partial charge in [0.05, 0.1) is 16.8 Å². The Labute approximate surface area is 154 Å². The molecule has 0 bridgehead atoms. The summed E-state index contributed by atoms with van der Waals surface area (Å²) in [6, 6.07) is 9.32. The number of carbonyl (C=O) groups excluding carboxylic acids is 2. The minimum atomic E-state index is -0.389. The number of aromatic nitrogens is 3. The van der Waals surface area contributed by atoms with E-state index in [-0.39, 0.29) is 24.5 Å². The Morgan fingerprint density at radius 3 is 2.77 bits per heavy atom. The van der Waals surface area contributed by atoms with Gasteiger partial charge in [-0.15, -0.1) is 0 Å². The molecule has 0 saturated carbocycles. The molecule has 2 heterocycles. The smallest absolute Gasteiger partial charge is 0.326 e. The molecule has 0 aliphatic carbocycles. The zero-order valence-electron chi connectivity index (χ0n) is 14.9. The van der Waals surface area contributed by atoms with E-state index in [0.717, 1.165) is 10.2 Å². The number of esters is 1. The summed E-state index contributed by atoms with van der Waals surface area (Å²) in [5.41, 5.74) is 1.26. The van der Waals surface area contributed by atoms with E-state index in [1.54, 1.807) is 28.4 Å². The van der Waals surface area contributed by atoms with Gasteiger partial charge in [-0.2, -0.15) is 10.1 Å². The number of nitrogens with zero attached hydrogens (tertiary/aromatic N) is 4. The summed E-state index contributed by atoms with van der Waals surface area (Å²) in [6.07, 6.45) is 1.58. The maximum absolute atomic E-state index is 12.7. The van der Waals surface area contributed by atoms with Crippen LogP contribution in [0.1, 0.15) is 37.3 Å². The lowest BCUT2D eigenvalue weighted by molar-refractivity contribution is -0.143. The minimum Gasteiger partial charge on any atom is -0.465 e. The maximum atomic E-state index is 12.7. The normalized spacial score (nSPS) is 12.1. The van der Waals surface area contributed by atoms with E-state index in [1.807, 2.05) is 38.1 Å². The molecule has 0 fully saturated rings. The number of hydrogen-bond acceptors (Lipinski definition) is 5. The molecule has 7 nitrogen and oxygen atoms in total. The van der Waals surface area contributed by atoms with E-state index in [4.69, 9.17) is 4.74 Å². The molecule has 0 aliphatic rings. The van der Waals surface area contributed by atoms with Gasteiger partial charge in [-0.05, 0) is 39.0 Å². The first-order valence-corrected chi connectivity index (χ1v) is 9.19. The molecule has 0 saturated heterocycles. The standard InChI is InChI=1S/C18H20N4O3S/c1-4-25-16(23)11-21-13-7-5-6-8-15(13)26-18(21)20-17(24)14-9-10-19-22(14)12(2)3/h5-10,12H,4,11H2,1-3H3. The van der Waals surface area contributed by atoms with E-state index in [2.05, 4.69) is 10.1 Å². The van der Waals surface area contributed by atoms with Gasteiger partial charge in [-0.25, -0.2) is 0 Å². The zero-order valence-corrected chi connectivity index (χ0v) is 15.7. The molecule has 136 valence electrons. The Hall–Kier alpha value is -2.74. The van der Waals surface area contributed by atoms with Gasteiger partial charge in [-0.1, -0.05) is 23.5 Å². The highest BCUT2D eigenvalue weighted by Gasteiger charge is 2.16. The lowest BCUT2D eigenvalue weighted by Crippen LogP contribution is -2.23. The second-order valence-corrected chi connectivity index (χ2v) is 6.92. The summed E-state index contributed by atoms with van der Waals surface area (Å²) in [4.78, 5) is 29.4. The van der Waals surface area contributed by atoms with Crippen molar-refractivity contribution in [2.75, 3.05) is 6.61 Å². The van der Waals surface area contributed by atoms with Crippen LogP contribution in [-0.4, -0.2) is 32.8 Å². The van der Waals surface area contributed by atoms with Crippen LogP contribution in [0.5, 0.6) is 0 Å². The predicted octanol–water partition coefficient (Wildman–Crippen LogP) is 2.78. The highest BCUT2D eigenvalue weighted by atomic mass is 32.1. The molecule has 1 amide bonds. The Morgan fingerprint density at radius 1 is 1.27 bits per heavy atom. The first-order valence-electron chi connectivity index (χ1n) is 8.37. The molecule has 3 aromatic rings. The monoisotopic (exact) mass is 372 g/mol. The Morgan fingerprint density at radius 2 is 2.04 bits per heavy atom.